The van der Waals surface area contributed by atoms with E-state index in [2.05, 4.69) is 5.16 Å². The maximum Gasteiger partial charge on any atom is 0.441 e. The third kappa shape index (κ3) is 3.38. The third-order valence-electron chi connectivity index (χ3n) is 4.23. The summed E-state index contributed by atoms with van der Waals surface area (Å²) in [5, 5.41) is 4.63. The Bertz CT molecular complexity index is 656. The highest BCUT2D eigenvalue weighted by Gasteiger charge is 2.19. The van der Waals surface area contributed by atoms with Crippen LogP contribution in [0.4, 0.5) is 0 Å². The van der Waals surface area contributed by atoms with E-state index in [1.54, 1.807) is 4.57 Å². The molecule has 21 heavy (non-hydrogen) atoms. The second-order valence-corrected chi connectivity index (χ2v) is 6.15. The molecule has 3 rings (SSSR count). The van der Waals surface area contributed by atoms with Crippen molar-refractivity contribution in [1.82, 2.24) is 9.72 Å². The largest absolute Gasteiger partial charge is 0.441 e. The topological polar surface area (TPSA) is 48.0 Å². The summed E-state index contributed by atoms with van der Waals surface area (Å²) in [6.45, 7) is 0.710. The molecule has 0 amide bonds. The monoisotopic (exact) mass is 306 g/mol. The van der Waals surface area contributed by atoms with Gasteiger partial charge in [-0.3, -0.25) is 9.09 Å². The quantitative estimate of drug-likeness (QED) is 0.866. The van der Waals surface area contributed by atoms with Crippen LogP contribution < -0.4 is 5.76 Å². The van der Waals surface area contributed by atoms with Crippen LogP contribution in [0.2, 0.25) is 5.02 Å². The van der Waals surface area contributed by atoms with Crippen molar-refractivity contribution in [2.45, 2.75) is 45.1 Å². The van der Waals surface area contributed by atoms with Gasteiger partial charge >= 0.3 is 5.76 Å². The van der Waals surface area contributed by atoms with Gasteiger partial charge in [0.1, 0.15) is 0 Å². The summed E-state index contributed by atoms with van der Waals surface area (Å²) in [6, 6.07) is 7.63. The van der Waals surface area contributed by atoms with Crippen molar-refractivity contribution in [3.8, 4) is 0 Å². The van der Waals surface area contributed by atoms with Crippen molar-refractivity contribution in [1.29, 1.82) is 0 Å². The van der Waals surface area contributed by atoms with Gasteiger partial charge in [0.05, 0.1) is 0 Å². The SMILES string of the molecule is O=c1onc(Cc2ccccc2Cl)n1CC1CCCCC1. The van der Waals surface area contributed by atoms with Gasteiger partial charge in [-0.05, 0) is 30.4 Å². The number of aromatic nitrogens is 2. The fourth-order valence-electron chi connectivity index (χ4n) is 3.04. The Labute approximate surface area is 128 Å². The Kier molecular flexibility index (Phi) is 4.44. The van der Waals surface area contributed by atoms with E-state index in [0.717, 1.165) is 5.56 Å². The van der Waals surface area contributed by atoms with Gasteiger partial charge in [0.15, 0.2) is 5.82 Å². The molecule has 1 saturated carbocycles. The number of benzene rings is 1. The van der Waals surface area contributed by atoms with Crippen LogP contribution in [0, 0.1) is 5.92 Å². The van der Waals surface area contributed by atoms with E-state index < -0.39 is 0 Å². The summed E-state index contributed by atoms with van der Waals surface area (Å²) in [5.74, 6) is 0.863. The van der Waals surface area contributed by atoms with Gasteiger partial charge in [0.25, 0.3) is 0 Å². The standard InChI is InChI=1S/C16H19ClN2O2/c17-14-9-5-4-8-13(14)10-15-18-21-16(20)19(15)11-12-6-2-1-3-7-12/h4-5,8-9,12H,1-3,6-7,10-11H2. The van der Waals surface area contributed by atoms with Crippen molar-refractivity contribution in [2.75, 3.05) is 0 Å². The van der Waals surface area contributed by atoms with Crippen LogP contribution in [0.1, 0.15) is 43.5 Å². The zero-order chi connectivity index (χ0) is 14.7. The Morgan fingerprint density at radius 3 is 2.76 bits per heavy atom. The predicted molar refractivity (Wildman–Crippen MR) is 81.6 cm³/mol. The molecule has 112 valence electrons. The van der Waals surface area contributed by atoms with E-state index in [0.29, 0.717) is 29.7 Å². The summed E-state index contributed by atoms with van der Waals surface area (Å²) < 4.78 is 6.54. The second kappa shape index (κ2) is 6.48. The number of nitrogens with zero attached hydrogens (tertiary/aromatic N) is 2. The molecular weight excluding hydrogens is 288 g/mol. The summed E-state index contributed by atoms with van der Waals surface area (Å²) in [7, 11) is 0. The lowest BCUT2D eigenvalue weighted by Crippen LogP contribution is -2.23. The van der Waals surface area contributed by atoms with E-state index in [9.17, 15) is 4.79 Å². The average Bonchev–Trinajstić information content (AvgIpc) is 2.84. The predicted octanol–water partition coefficient (Wildman–Crippen LogP) is 3.66. The summed E-state index contributed by atoms with van der Waals surface area (Å²) in [6.07, 6.45) is 6.71. The minimum Gasteiger partial charge on any atom is -0.296 e. The smallest absolute Gasteiger partial charge is 0.296 e. The van der Waals surface area contributed by atoms with Gasteiger partial charge in [0, 0.05) is 18.0 Å². The van der Waals surface area contributed by atoms with Crippen molar-refractivity contribution in [3.05, 3.63) is 51.2 Å². The van der Waals surface area contributed by atoms with Crippen LogP contribution in [0.3, 0.4) is 0 Å². The molecule has 5 heteroatoms. The highest BCUT2D eigenvalue weighted by molar-refractivity contribution is 6.31. The van der Waals surface area contributed by atoms with E-state index >= 15 is 0 Å². The fourth-order valence-corrected chi connectivity index (χ4v) is 3.25. The lowest BCUT2D eigenvalue weighted by molar-refractivity contribution is 0.303. The molecule has 1 heterocycles. The molecule has 1 aliphatic carbocycles. The Balaban J connectivity index is 1.80. The van der Waals surface area contributed by atoms with Gasteiger partial charge < -0.3 is 0 Å². The molecule has 0 aliphatic heterocycles. The average molecular weight is 307 g/mol. The lowest BCUT2D eigenvalue weighted by Gasteiger charge is -2.21. The number of hydrogen-bond donors (Lipinski definition) is 0. The van der Waals surface area contributed by atoms with Crippen LogP contribution >= 0.6 is 11.6 Å². The fraction of sp³-hybridized carbons (Fsp3) is 0.500. The molecule has 2 aromatic rings. The molecule has 1 aromatic carbocycles. The van der Waals surface area contributed by atoms with Gasteiger partial charge in [-0.1, -0.05) is 54.2 Å². The van der Waals surface area contributed by atoms with Gasteiger partial charge in [-0.2, -0.15) is 0 Å². The first-order valence-electron chi connectivity index (χ1n) is 7.53. The number of halogens is 1. The maximum absolute atomic E-state index is 11.9. The highest BCUT2D eigenvalue weighted by atomic mass is 35.5. The molecule has 1 aliphatic rings. The van der Waals surface area contributed by atoms with Crippen LogP contribution in [-0.4, -0.2) is 9.72 Å². The minimum absolute atomic E-state index is 0.359. The van der Waals surface area contributed by atoms with Crippen molar-refractivity contribution >= 4 is 11.6 Å². The molecule has 1 aromatic heterocycles. The van der Waals surface area contributed by atoms with Crippen LogP contribution in [0.25, 0.3) is 0 Å². The Hall–Kier alpha value is -1.55. The summed E-state index contributed by atoms with van der Waals surface area (Å²) in [5.41, 5.74) is 0.963. The minimum atomic E-state index is -0.359. The summed E-state index contributed by atoms with van der Waals surface area (Å²) in [4.78, 5) is 11.9. The lowest BCUT2D eigenvalue weighted by atomic mass is 9.89. The van der Waals surface area contributed by atoms with Gasteiger partial charge in [-0.25, -0.2) is 4.79 Å². The molecule has 0 atom stereocenters. The first-order chi connectivity index (χ1) is 10.2. The van der Waals surface area contributed by atoms with Crippen LogP contribution in [-0.2, 0) is 13.0 Å². The maximum atomic E-state index is 11.9. The van der Waals surface area contributed by atoms with Gasteiger partial charge in [0.2, 0.25) is 0 Å². The normalized spacial score (nSPS) is 16.2. The Morgan fingerprint density at radius 2 is 2.00 bits per heavy atom. The zero-order valence-electron chi connectivity index (χ0n) is 11.9. The molecule has 0 bridgehead atoms. The molecule has 0 radical (unpaired) electrons. The summed E-state index contributed by atoms with van der Waals surface area (Å²) >= 11 is 6.18. The van der Waals surface area contributed by atoms with Crippen LogP contribution in [0.15, 0.2) is 33.6 Å². The van der Waals surface area contributed by atoms with Crippen molar-refractivity contribution in [3.63, 3.8) is 0 Å². The molecule has 0 saturated heterocycles. The third-order valence-corrected chi connectivity index (χ3v) is 4.60. The molecule has 0 unspecified atom stereocenters. The number of hydrogen-bond acceptors (Lipinski definition) is 3. The molecule has 0 N–H and O–H groups in total. The zero-order valence-corrected chi connectivity index (χ0v) is 12.7. The molecule has 0 spiro atoms. The first kappa shape index (κ1) is 14.4. The second-order valence-electron chi connectivity index (χ2n) is 5.75. The van der Waals surface area contributed by atoms with Crippen molar-refractivity contribution < 1.29 is 4.52 Å². The van der Waals surface area contributed by atoms with E-state index in [1.165, 1.54) is 32.1 Å². The molecule has 4 nitrogen and oxygen atoms in total. The molecule has 1 fully saturated rings. The van der Waals surface area contributed by atoms with E-state index in [-0.39, 0.29) is 5.76 Å². The van der Waals surface area contributed by atoms with E-state index in [4.69, 9.17) is 16.1 Å². The Morgan fingerprint density at radius 1 is 1.24 bits per heavy atom. The highest BCUT2D eigenvalue weighted by Crippen LogP contribution is 2.25. The van der Waals surface area contributed by atoms with Crippen molar-refractivity contribution in [2.24, 2.45) is 5.92 Å². The molecular formula is C16H19ClN2O2. The van der Waals surface area contributed by atoms with Crippen LogP contribution in [0.5, 0.6) is 0 Å². The van der Waals surface area contributed by atoms with Gasteiger partial charge in [-0.15, -0.1) is 0 Å². The number of rotatable bonds is 4. The first-order valence-corrected chi connectivity index (χ1v) is 7.90. The van der Waals surface area contributed by atoms with E-state index in [1.807, 2.05) is 24.3 Å².